The molecule has 9 nitrogen and oxygen atoms in total. The fraction of sp³-hybridized carbons (Fsp3) is 0.304. The van der Waals surface area contributed by atoms with Gasteiger partial charge in [0.2, 0.25) is 11.6 Å². The number of aromatic nitrogens is 2. The smallest absolute Gasteiger partial charge is 0.353 e. The second kappa shape index (κ2) is 9.51. The molecule has 1 aliphatic rings. The van der Waals surface area contributed by atoms with Gasteiger partial charge in [-0.05, 0) is 29.8 Å². The number of hydrogen-bond acceptors (Lipinski definition) is 8. The van der Waals surface area contributed by atoms with Crippen molar-refractivity contribution >= 4 is 23.0 Å². The molecule has 4 rings (SSSR count). The van der Waals surface area contributed by atoms with Gasteiger partial charge < -0.3 is 19.4 Å². The van der Waals surface area contributed by atoms with Crippen LogP contribution < -0.4 is 19.4 Å². The van der Waals surface area contributed by atoms with E-state index in [0.29, 0.717) is 31.3 Å². The van der Waals surface area contributed by atoms with Crippen molar-refractivity contribution in [2.45, 2.75) is 6.54 Å². The van der Waals surface area contributed by atoms with E-state index in [2.05, 4.69) is 14.9 Å². The number of piperazine rings is 1. The van der Waals surface area contributed by atoms with Gasteiger partial charge in [0.1, 0.15) is 12.1 Å². The van der Waals surface area contributed by atoms with Crippen LogP contribution in [0.3, 0.4) is 0 Å². The van der Waals surface area contributed by atoms with Crippen molar-refractivity contribution in [1.82, 2.24) is 9.97 Å². The lowest BCUT2D eigenvalue weighted by Crippen LogP contribution is -2.47. The van der Waals surface area contributed by atoms with Crippen LogP contribution in [0.15, 0.2) is 60.9 Å². The van der Waals surface area contributed by atoms with Crippen LogP contribution in [-0.2, 0) is 6.54 Å². The van der Waals surface area contributed by atoms with Crippen LogP contribution >= 0.6 is 0 Å². The molecular formula is C23H26N6O3. The number of ether oxygens (including phenoxy) is 1. The van der Waals surface area contributed by atoms with Crippen molar-refractivity contribution < 1.29 is 9.66 Å². The van der Waals surface area contributed by atoms with Gasteiger partial charge >= 0.3 is 5.69 Å². The molecule has 0 unspecified atom stereocenters. The average Bonchev–Trinajstić information content (AvgIpc) is 2.84. The van der Waals surface area contributed by atoms with Crippen LogP contribution in [0.25, 0.3) is 0 Å². The standard InChI is InChI=1S/C23H26N6O3/c1-26(16-18-6-4-3-5-7-18)22-21(29(30)31)23(25-17-24-22)28-14-12-27(13-15-28)19-8-10-20(32-2)11-9-19/h3-11,17H,12-16H2,1-2H3. The van der Waals surface area contributed by atoms with Crippen LogP contribution in [0.4, 0.5) is 23.0 Å². The van der Waals surface area contributed by atoms with Crippen LogP contribution in [-0.4, -0.2) is 55.2 Å². The molecule has 9 heteroatoms. The molecule has 1 fully saturated rings. The molecule has 0 amide bonds. The van der Waals surface area contributed by atoms with E-state index in [9.17, 15) is 10.1 Å². The minimum absolute atomic E-state index is 0.0520. The second-order valence-corrected chi connectivity index (χ2v) is 7.64. The van der Waals surface area contributed by atoms with Crippen molar-refractivity contribution in [3.8, 4) is 5.75 Å². The molecular weight excluding hydrogens is 408 g/mol. The zero-order valence-corrected chi connectivity index (χ0v) is 18.2. The van der Waals surface area contributed by atoms with E-state index >= 15 is 0 Å². The van der Waals surface area contributed by atoms with E-state index in [1.54, 1.807) is 12.0 Å². The van der Waals surface area contributed by atoms with E-state index in [4.69, 9.17) is 4.74 Å². The Hall–Kier alpha value is -3.88. The maximum atomic E-state index is 12.0. The topological polar surface area (TPSA) is 87.9 Å². The number of benzene rings is 2. The zero-order chi connectivity index (χ0) is 22.5. The monoisotopic (exact) mass is 434 g/mol. The number of methoxy groups -OCH3 is 1. The summed E-state index contributed by atoms with van der Waals surface area (Å²) in [6, 6.07) is 17.7. The summed E-state index contributed by atoms with van der Waals surface area (Å²) in [6.07, 6.45) is 1.41. The number of anilines is 3. The third-order valence-corrected chi connectivity index (χ3v) is 5.61. The normalized spacial score (nSPS) is 13.7. The third kappa shape index (κ3) is 4.56. The highest BCUT2D eigenvalue weighted by molar-refractivity contribution is 5.71. The Balaban J connectivity index is 1.52. The van der Waals surface area contributed by atoms with Gasteiger partial charge in [-0.3, -0.25) is 10.1 Å². The highest BCUT2D eigenvalue weighted by atomic mass is 16.6. The lowest BCUT2D eigenvalue weighted by atomic mass is 10.2. The molecule has 0 N–H and O–H groups in total. The molecule has 1 aromatic heterocycles. The van der Waals surface area contributed by atoms with E-state index in [1.165, 1.54) is 6.33 Å². The molecule has 0 saturated carbocycles. The summed E-state index contributed by atoms with van der Waals surface area (Å²) in [5, 5.41) is 12.0. The molecule has 1 aliphatic heterocycles. The maximum absolute atomic E-state index is 12.0. The largest absolute Gasteiger partial charge is 0.497 e. The van der Waals surface area contributed by atoms with Crippen molar-refractivity contribution in [2.75, 3.05) is 55.0 Å². The average molecular weight is 435 g/mol. The number of hydrogen-bond donors (Lipinski definition) is 0. The maximum Gasteiger partial charge on any atom is 0.353 e. The van der Waals surface area contributed by atoms with Gasteiger partial charge in [-0.1, -0.05) is 30.3 Å². The Kier molecular flexibility index (Phi) is 6.34. The molecule has 32 heavy (non-hydrogen) atoms. The summed E-state index contributed by atoms with van der Waals surface area (Å²) < 4.78 is 5.23. The van der Waals surface area contributed by atoms with Crippen LogP contribution in [0.2, 0.25) is 0 Å². The van der Waals surface area contributed by atoms with Crippen LogP contribution in [0.5, 0.6) is 5.75 Å². The summed E-state index contributed by atoms with van der Waals surface area (Å²) in [7, 11) is 3.46. The molecule has 0 aliphatic carbocycles. The van der Waals surface area contributed by atoms with Crippen molar-refractivity contribution in [2.24, 2.45) is 0 Å². The third-order valence-electron chi connectivity index (χ3n) is 5.61. The van der Waals surface area contributed by atoms with Gasteiger partial charge in [-0.15, -0.1) is 0 Å². The predicted molar refractivity (Wildman–Crippen MR) is 125 cm³/mol. The summed E-state index contributed by atoms with van der Waals surface area (Å²) in [5.41, 5.74) is 2.10. The van der Waals surface area contributed by atoms with Gasteiger partial charge in [0.05, 0.1) is 12.0 Å². The Labute approximate surface area is 187 Å². The first-order valence-electron chi connectivity index (χ1n) is 10.4. The quantitative estimate of drug-likeness (QED) is 0.413. The molecule has 3 aromatic rings. The molecule has 0 bridgehead atoms. The van der Waals surface area contributed by atoms with Crippen molar-refractivity contribution in [1.29, 1.82) is 0 Å². The molecule has 166 valence electrons. The first-order chi connectivity index (χ1) is 15.6. The van der Waals surface area contributed by atoms with Gasteiger partial charge in [0, 0.05) is 45.5 Å². The van der Waals surface area contributed by atoms with Crippen molar-refractivity contribution in [3.63, 3.8) is 0 Å². The Bertz CT molecular complexity index is 1050. The second-order valence-electron chi connectivity index (χ2n) is 7.64. The highest BCUT2D eigenvalue weighted by Gasteiger charge is 2.30. The zero-order valence-electron chi connectivity index (χ0n) is 18.2. The summed E-state index contributed by atoms with van der Waals surface area (Å²) in [5.74, 6) is 1.51. The Morgan fingerprint density at radius 3 is 2.28 bits per heavy atom. The number of nitro groups is 1. The van der Waals surface area contributed by atoms with Gasteiger partial charge in [-0.2, -0.15) is 0 Å². The fourth-order valence-electron chi connectivity index (χ4n) is 3.94. The SMILES string of the molecule is COc1ccc(N2CCN(c3ncnc(N(C)Cc4ccccc4)c3[N+](=O)[O-])CC2)cc1. The Morgan fingerprint density at radius 2 is 1.66 bits per heavy atom. The number of nitrogens with zero attached hydrogens (tertiary/aromatic N) is 6. The molecule has 0 radical (unpaired) electrons. The lowest BCUT2D eigenvalue weighted by molar-refractivity contribution is -0.383. The molecule has 1 saturated heterocycles. The van der Waals surface area contributed by atoms with E-state index in [1.807, 2.05) is 66.5 Å². The van der Waals surface area contributed by atoms with Gasteiger partial charge in [0.25, 0.3) is 0 Å². The first kappa shape index (κ1) is 21.4. The fourth-order valence-corrected chi connectivity index (χ4v) is 3.94. The van der Waals surface area contributed by atoms with E-state index in [0.717, 1.165) is 30.1 Å². The number of rotatable bonds is 7. The van der Waals surface area contributed by atoms with Crippen molar-refractivity contribution in [3.05, 3.63) is 76.6 Å². The first-order valence-corrected chi connectivity index (χ1v) is 10.4. The van der Waals surface area contributed by atoms with Crippen LogP contribution in [0, 0.1) is 10.1 Å². The minimum Gasteiger partial charge on any atom is -0.497 e. The van der Waals surface area contributed by atoms with E-state index < -0.39 is 0 Å². The van der Waals surface area contributed by atoms with Gasteiger partial charge in [-0.25, -0.2) is 9.97 Å². The van der Waals surface area contributed by atoms with E-state index in [-0.39, 0.29) is 10.6 Å². The molecule has 0 spiro atoms. The minimum atomic E-state index is -0.373. The van der Waals surface area contributed by atoms with Gasteiger partial charge in [0.15, 0.2) is 0 Å². The van der Waals surface area contributed by atoms with Crippen LogP contribution in [0.1, 0.15) is 5.56 Å². The lowest BCUT2D eigenvalue weighted by Gasteiger charge is -2.36. The summed E-state index contributed by atoms with van der Waals surface area (Å²) >= 11 is 0. The summed E-state index contributed by atoms with van der Waals surface area (Å²) in [4.78, 5) is 26.3. The highest BCUT2D eigenvalue weighted by Crippen LogP contribution is 2.35. The molecule has 2 aromatic carbocycles. The molecule has 0 atom stereocenters. The molecule has 2 heterocycles. The Morgan fingerprint density at radius 1 is 1.00 bits per heavy atom. The summed E-state index contributed by atoms with van der Waals surface area (Å²) in [6.45, 7) is 3.26. The predicted octanol–water partition coefficient (Wildman–Crippen LogP) is 3.36.